The van der Waals surface area contributed by atoms with E-state index in [0.717, 1.165) is 25.9 Å². The van der Waals surface area contributed by atoms with E-state index in [1.807, 2.05) is 0 Å². The van der Waals surface area contributed by atoms with Crippen LogP contribution in [0.25, 0.3) is 0 Å². The van der Waals surface area contributed by atoms with Crippen molar-refractivity contribution in [1.82, 2.24) is 4.90 Å². The van der Waals surface area contributed by atoms with Gasteiger partial charge in [0.05, 0.1) is 0 Å². The quantitative estimate of drug-likeness (QED) is 0.484. The molecule has 0 atom stereocenters. The summed E-state index contributed by atoms with van der Waals surface area (Å²) in [6.07, 6.45) is 4.48. The molecule has 1 rings (SSSR count). The summed E-state index contributed by atoms with van der Waals surface area (Å²) in [6, 6.07) is 1.65. The van der Waals surface area contributed by atoms with Crippen LogP contribution >= 0.6 is 0 Å². The van der Waals surface area contributed by atoms with Crippen molar-refractivity contribution in [2.45, 2.75) is 25.7 Å². The maximum Gasteiger partial charge on any atom is 0.324 e. The zero-order chi connectivity index (χ0) is 8.10. The second-order valence-electron chi connectivity index (χ2n) is 2.82. The first-order chi connectivity index (χ1) is 5.34. The summed E-state index contributed by atoms with van der Waals surface area (Å²) >= 11 is 0. The Morgan fingerprint density at radius 3 is 2.18 bits per heavy atom. The van der Waals surface area contributed by atoms with E-state index in [2.05, 4.69) is 0 Å². The van der Waals surface area contributed by atoms with E-state index < -0.39 is 0 Å². The first kappa shape index (κ1) is 8.06. The molecule has 0 saturated carbocycles. The Labute approximate surface area is 66.6 Å². The van der Waals surface area contributed by atoms with Gasteiger partial charge in [-0.25, -0.2) is 0 Å². The number of rotatable bonds is 0. The average molecular weight is 152 g/mol. The topological polar surface area (TPSA) is 44.1 Å². The Morgan fingerprint density at radius 2 is 1.73 bits per heavy atom. The molecule has 0 bridgehead atoms. The second-order valence-corrected chi connectivity index (χ2v) is 2.82. The van der Waals surface area contributed by atoms with Crippen LogP contribution < -0.4 is 0 Å². The lowest BCUT2D eigenvalue weighted by molar-refractivity contribution is -0.125. The van der Waals surface area contributed by atoms with Gasteiger partial charge in [0, 0.05) is 13.1 Å². The Kier molecular flexibility index (Phi) is 2.91. The maximum absolute atomic E-state index is 10.9. The zero-order valence-corrected chi connectivity index (χ0v) is 6.55. The molecule has 1 heterocycles. The minimum absolute atomic E-state index is 0.369. The summed E-state index contributed by atoms with van der Waals surface area (Å²) in [7, 11) is 0. The summed E-state index contributed by atoms with van der Waals surface area (Å²) < 4.78 is 0. The molecule has 0 radical (unpaired) electrons. The van der Waals surface area contributed by atoms with E-state index in [1.165, 1.54) is 12.8 Å². The summed E-state index contributed by atoms with van der Waals surface area (Å²) in [4.78, 5) is 12.5. The molecule has 0 N–H and O–H groups in total. The van der Waals surface area contributed by atoms with Crippen molar-refractivity contribution in [3.8, 4) is 6.07 Å². The monoisotopic (exact) mass is 152 g/mol. The fourth-order valence-corrected chi connectivity index (χ4v) is 1.34. The maximum atomic E-state index is 10.9. The first-order valence-corrected chi connectivity index (χ1v) is 4.03. The Morgan fingerprint density at radius 1 is 1.18 bits per heavy atom. The van der Waals surface area contributed by atoms with Crippen LogP contribution in [0.5, 0.6) is 0 Å². The first-order valence-electron chi connectivity index (χ1n) is 4.03. The fourth-order valence-electron chi connectivity index (χ4n) is 1.34. The van der Waals surface area contributed by atoms with Crippen molar-refractivity contribution in [1.29, 1.82) is 5.26 Å². The predicted molar refractivity (Wildman–Crippen MR) is 40.7 cm³/mol. The molecule has 1 amide bonds. The Bertz CT molecular complexity index is 175. The lowest BCUT2D eigenvalue weighted by Crippen LogP contribution is -2.30. The van der Waals surface area contributed by atoms with Gasteiger partial charge in [-0.3, -0.25) is 4.79 Å². The number of hydrogen-bond donors (Lipinski definition) is 0. The van der Waals surface area contributed by atoms with E-state index in [-0.39, 0.29) is 5.91 Å². The van der Waals surface area contributed by atoms with Gasteiger partial charge >= 0.3 is 5.91 Å². The van der Waals surface area contributed by atoms with E-state index in [9.17, 15) is 4.79 Å². The van der Waals surface area contributed by atoms with Gasteiger partial charge in [0.1, 0.15) is 0 Å². The van der Waals surface area contributed by atoms with Gasteiger partial charge < -0.3 is 4.90 Å². The summed E-state index contributed by atoms with van der Waals surface area (Å²) in [5.41, 5.74) is 0. The van der Waals surface area contributed by atoms with Gasteiger partial charge in [0.2, 0.25) is 0 Å². The number of nitrogens with zero attached hydrogens (tertiary/aromatic N) is 2. The SMILES string of the molecule is N#CC(=O)N1CCCCCC1. The summed E-state index contributed by atoms with van der Waals surface area (Å²) in [6.45, 7) is 1.54. The van der Waals surface area contributed by atoms with Crippen molar-refractivity contribution in [3.63, 3.8) is 0 Å². The smallest absolute Gasteiger partial charge is 0.324 e. The van der Waals surface area contributed by atoms with Crippen molar-refractivity contribution in [2.75, 3.05) is 13.1 Å². The number of carbonyl (C=O) groups is 1. The Balaban J connectivity index is 2.44. The minimum Gasteiger partial charge on any atom is -0.330 e. The predicted octanol–water partition coefficient (Wildman–Crippen LogP) is 0.913. The normalized spacial score (nSPS) is 18.6. The van der Waals surface area contributed by atoms with Gasteiger partial charge in [-0.05, 0) is 12.8 Å². The van der Waals surface area contributed by atoms with E-state index in [1.54, 1.807) is 11.0 Å². The van der Waals surface area contributed by atoms with Crippen LogP contribution in [0.15, 0.2) is 0 Å². The molecule has 0 aromatic rings. The molecule has 11 heavy (non-hydrogen) atoms. The summed E-state index contributed by atoms with van der Waals surface area (Å²) in [5.74, 6) is -0.369. The molecular formula is C8H12N2O. The second kappa shape index (κ2) is 3.97. The van der Waals surface area contributed by atoms with E-state index in [0.29, 0.717) is 0 Å². The number of hydrogen-bond acceptors (Lipinski definition) is 2. The molecule has 1 fully saturated rings. The molecular weight excluding hydrogens is 140 g/mol. The Hall–Kier alpha value is -1.04. The molecule has 0 aliphatic carbocycles. The van der Waals surface area contributed by atoms with Crippen LogP contribution in [0, 0.1) is 11.3 Å². The molecule has 1 saturated heterocycles. The number of nitriles is 1. The van der Waals surface area contributed by atoms with Crippen molar-refractivity contribution in [2.24, 2.45) is 0 Å². The molecule has 60 valence electrons. The summed E-state index contributed by atoms with van der Waals surface area (Å²) in [5, 5.41) is 8.34. The molecule has 3 nitrogen and oxygen atoms in total. The van der Waals surface area contributed by atoms with E-state index >= 15 is 0 Å². The molecule has 3 heteroatoms. The van der Waals surface area contributed by atoms with Gasteiger partial charge in [-0.1, -0.05) is 12.8 Å². The van der Waals surface area contributed by atoms with Crippen molar-refractivity contribution in [3.05, 3.63) is 0 Å². The minimum atomic E-state index is -0.369. The molecule has 0 aromatic heterocycles. The third-order valence-corrected chi connectivity index (χ3v) is 1.99. The van der Waals surface area contributed by atoms with Gasteiger partial charge in [-0.2, -0.15) is 5.26 Å². The molecule has 0 aromatic carbocycles. The number of carbonyl (C=O) groups excluding carboxylic acids is 1. The largest absolute Gasteiger partial charge is 0.330 e. The molecule has 0 spiro atoms. The van der Waals surface area contributed by atoms with Gasteiger partial charge in [0.25, 0.3) is 0 Å². The highest BCUT2D eigenvalue weighted by atomic mass is 16.2. The standard InChI is InChI=1S/C8H12N2O/c9-7-8(11)10-5-3-1-2-4-6-10/h1-6H2. The third-order valence-electron chi connectivity index (χ3n) is 1.99. The highest BCUT2D eigenvalue weighted by Crippen LogP contribution is 2.08. The van der Waals surface area contributed by atoms with E-state index in [4.69, 9.17) is 5.26 Å². The van der Waals surface area contributed by atoms with Crippen LogP contribution in [-0.4, -0.2) is 23.9 Å². The van der Waals surface area contributed by atoms with Crippen molar-refractivity contribution >= 4 is 5.91 Å². The lowest BCUT2D eigenvalue weighted by atomic mass is 10.2. The highest BCUT2D eigenvalue weighted by molar-refractivity contribution is 5.91. The van der Waals surface area contributed by atoms with Crippen LogP contribution in [0.3, 0.4) is 0 Å². The highest BCUT2D eigenvalue weighted by Gasteiger charge is 2.13. The fraction of sp³-hybridized carbons (Fsp3) is 0.750. The van der Waals surface area contributed by atoms with Crippen LogP contribution in [0.2, 0.25) is 0 Å². The number of amides is 1. The molecule has 1 aliphatic heterocycles. The van der Waals surface area contributed by atoms with Crippen molar-refractivity contribution < 1.29 is 4.79 Å². The number of likely N-dealkylation sites (tertiary alicyclic amines) is 1. The average Bonchev–Trinajstić information content (AvgIpc) is 2.30. The van der Waals surface area contributed by atoms with Gasteiger partial charge in [0.15, 0.2) is 6.07 Å². The van der Waals surface area contributed by atoms with Crippen LogP contribution in [0.1, 0.15) is 25.7 Å². The third kappa shape index (κ3) is 2.23. The lowest BCUT2D eigenvalue weighted by Gasteiger charge is -2.15. The molecule has 0 unspecified atom stereocenters. The molecule has 1 aliphatic rings. The van der Waals surface area contributed by atoms with Crippen LogP contribution in [-0.2, 0) is 4.79 Å². The van der Waals surface area contributed by atoms with Gasteiger partial charge in [-0.15, -0.1) is 0 Å². The zero-order valence-electron chi connectivity index (χ0n) is 6.55. The van der Waals surface area contributed by atoms with Crippen LogP contribution in [0.4, 0.5) is 0 Å².